The van der Waals surface area contributed by atoms with Crippen molar-refractivity contribution in [2.45, 2.75) is 6.42 Å². The van der Waals surface area contributed by atoms with Crippen LogP contribution in [0.15, 0.2) is 84.0 Å². The molecule has 2 heterocycles. The van der Waals surface area contributed by atoms with E-state index in [0.717, 1.165) is 17.5 Å². The molecule has 0 aliphatic heterocycles. The molecule has 2 N–H and O–H groups in total. The second kappa shape index (κ2) is 9.57. The minimum atomic E-state index is -0.791. The molecule has 2 aromatic heterocycles. The fourth-order valence-electron chi connectivity index (χ4n) is 3.14. The van der Waals surface area contributed by atoms with Crippen molar-refractivity contribution in [1.29, 1.82) is 0 Å². The number of amides is 2. The van der Waals surface area contributed by atoms with Crippen LogP contribution < -0.4 is 15.4 Å². The van der Waals surface area contributed by atoms with E-state index in [4.69, 9.17) is 9.15 Å². The van der Waals surface area contributed by atoms with E-state index >= 15 is 0 Å². The van der Waals surface area contributed by atoms with Gasteiger partial charge in [0.15, 0.2) is 12.2 Å². The van der Waals surface area contributed by atoms with E-state index in [-0.39, 0.29) is 0 Å². The summed E-state index contributed by atoms with van der Waals surface area (Å²) in [6, 6.07) is 16.2. The van der Waals surface area contributed by atoms with Gasteiger partial charge >= 0.3 is 11.8 Å². The van der Waals surface area contributed by atoms with Crippen LogP contribution in [0, 0.1) is 0 Å². The lowest BCUT2D eigenvalue weighted by molar-refractivity contribution is -0.132. The number of hydrogen-bond acceptors (Lipinski definition) is 6. The predicted octanol–water partition coefficient (Wildman–Crippen LogP) is 3.91. The molecule has 160 valence electrons. The topological polar surface area (TPSA) is 106 Å². The number of nitrogens with zero attached hydrogens (tertiary/aromatic N) is 2. The number of nitrogens with one attached hydrogen (secondary N) is 2. The van der Waals surface area contributed by atoms with E-state index < -0.39 is 11.8 Å². The Balaban J connectivity index is 1.37. The number of carbonyl (C=O) groups excluding carboxylic acids is 2. The number of anilines is 2. The average Bonchev–Trinajstić information content (AvgIpc) is 3.35. The van der Waals surface area contributed by atoms with Gasteiger partial charge in [0.05, 0.1) is 18.9 Å². The summed E-state index contributed by atoms with van der Waals surface area (Å²) in [6.07, 6.45) is 7.13. The summed E-state index contributed by atoms with van der Waals surface area (Å²) in [6.45, 7) is 0. The molecule has 0 atom stereocenters. The summed E-state index contributed by atoms with van der Waals surface area (Å²) in [5.41, 5.74) is 3.85. The second-order valence-electron chi connectivity index (χ2n) is 6.92. The highest BCUT2D eigenvalue weighted by molar-refractivity contribution is 6.43. The fourth-order valence-corrected chi connectivity index (χ4v) is 3.14. The van der Waals surface area contributed by atoms with Crippen molar-refractivity contribution in [3.63, 3.8) is 0 Å². The number of benzene rings is 2. The zero-order valence-corrected chi connectivity index (χ0v) is 17.2. The Hall–Kier alpha value is -4.46. The highest BCUT2D eigenvalue weighted by Gasteiger charge is 2.16. The van der Waals surface area contributed by atoms with Crippen LogP contribution in [0.1, 0.15) is 11.1 Å². The number of ether oxygens (including phenoxy) is 1. The summed E-state index contributed by atoms with van der Waals surface area (Å²) in [4.78, 5) is 32.5. The first-order chi connectivity index (χ1) is 15.6. The lowest BCUT2D eigenvalue weighted by Crippen LogP contribution is -2.29. The lowest BCUT2D eigenvalue weighted by Gasteiger charge is -2.10. The Bertz CT molecular complexity index is 1210. The van der Waals surface area contributed by atoms with E-state index in [1.807, 2.05) is 24.3 Å². The number of rotatable bonds is 6. The van der Waals surface area contributed by atoms with Gasteiger partial charge in [0.1, 0.15) is 5.75 Å². The van der Waals surface area contributed by atoms with Crippen molar-refractivity contribution in [2.75, 3.05) is 17.7 Å². The van der Waals surface area contributed by atoms with Crippen LogP contribution in [0.25, 0.3) is 11.3 Å². The van der Waals surface area contributed by atoms with Gasteiger partial charge in [-0.25, -0.2) is 4.98 Å². The van der Waals surface area contributed by atoms with Crippen LogP contribution in [0.4, 0.5) is 11.4 Å². The molecule has 0 radical (unpaired) electrons. The molecule has 0 aliphatic rings. The maximum absolute atomic E-state index is 12.3. The molecule has 8 nitrogen and oxygen atoms in total. The minimum Gasteiger partial charge on any atom is -0.496 e. The normalized spacial score (nSPS) is 10.4. The molecule has 0 saturated heterocycles. The lowest BCUT2D eigenvalue weighted by atomic mass is 10.1. The predicted molar refractivity (Wildman–Crippen MR) is 119 cm³/mol. The smallest absolute Gasteiger partial charge is 0.314 e. The zero-order valence-electron chi connectivity index (χ0n) is 17.2. The number of methoxy groups -OCH3 is 1. The van der Waals surface area contributed by atoms with Crippen LogP contribution in [0.5, 0.6) is 5.75 Å². The molecule has 4 aromatic rings. The number of oxazole rings is 1. The number of aromatic nitrogens is 2. The quantitative estimate of drug-likeness (QED) is 0.451. The fraction of sp³-hybridized carbons (Fsp3) is 0.0833. The molecule has 32 heavy (non-hydrogen) atoms. The van der Waals surface area contributed by atoms with Gasteiger partial charge in [0.25, 0.3) is 0 Å². The summed E-state index contributed by atoms with van der Waals surface area (Å²) >= 11 is 0. The van der Waals surface area contributed by atoms with Crippen LogP contribution >= 0.6 is 0 Å². The average molecular weight is 428 g/mol. The van der Waals surface area contributed by atoms with Crippen LogP contribution in [-0.2, 0) is 16.0 Å². The molecule has 0 fully saturated rings. The summed E-state index contributed by atoms with van der Waals surface area (Å²) in [7, 11) is 1.51. The van der Waals surface area contributed by atoms with Gasteiger partial charge in [0.2, 0.25) is 0 Å². The monoisotopic (exact) mass is 428 g/mol. The Morgan fingerprint density at radius 2 is 1.53 bits per heavy atom. The SMILES string of the molecule is COc1cc(NC(=O)C(=O)Nc2ccc(Cc3ccncc3)cc2)ccc1-c1cnco1. The van der Waals surface area contributed by atoms with E-state index in [1.165, 1.54) is 13.5 Å². The number of carbonyl (C=O) groups is 2. The van der Waals surface area contributed by atoms with Crippen molar-refractivity contribution in [2.24, 2.45) is 0 Å². The van der Waals surface area contributed by atoms with Crippen molar-refractivity contribution < 1.29 is 18.7 Å². The summed E-state index contributed by atoms with van der Waals surface area (Å²) < 4.78 is 10.6. The van der Waals surface area contributed by atoms with Crippen molar-refractivity contribution in [1.82, 2.24) is 9.97 Å². The molecular formula is C24H20N4O4. The van der Waals surface area contributed by atoms with Gasteiger partial charge in [-0.2, -0.15) is 0 Å². The molecule has 0 bridgehead atoms. The van der Waals surface area contributed by atoms with E-state index in [1.54, 1.807) is 48.9 Å². The molecule has 8 heteroatoms. The molecule has 0 saturated carbocycles. The zero-order chi connectivity index (χ0) is 22.3. The molecule has 0 spiro atoms. The maximum atomic E-state index is 12.3. The highest BCUT2D eigenvalue weighted by atomic mass is 16.5. The first-order valence-corrected chi connectivity index (χ1v) is 9.79. The van der Waals surface area contributed by atoms with Crippen molar-refractivity contribution >= 4 is 23.2 Å². The Morgan fingerprint density at radius 3 is 2.19 bits per heavy atom. The van der Waals surface area contributed by atoms with E-state index in [0.29, 0.717) is 28.4 Å². The first kappa shape index (κ1) is 20.8. The highest BCUT2D eigenvalue weighted by Crippen LogP contribution is 2.32. The largest absolute Gasteiger partial charge is 0.496 e. The van der Waals surface area contributed by atoms with Crippen molar-refractivity contribution in [3.05, 3.63) is 90.7 Å². The number of pyridine rings is 1. The molecule has 2 amide bonds. The molecule has 2 aromatic carbocycles. The van der Waals surface area contributed by atoms with Gasteiger partial charge in [-0.05, 0) is 53.9 Å². The third kappa shape index (κ3) is 4.99. The summed E-state index contributed by atoms with van der Waals surface area (Å²) in [5, 5.41) is 5.17. The van der Waals surface area contributed by atoms with E-state index in [2.05, 4.69) is 20.6 Å². The van der Waals surface area contributed by atoms with Gasteiger partial charge in [-0.15, -0.1) is 0 Å². The van der Waals surface area contributed by atoms with Gasteiger partial charge in [-0.1, -0.05) is 12.1 Å². The first-order valence-electron chi connectivity index (χ1n) is 9.79. The van der Waals surface area contributed by atoms with E-state index in [9.17, 15) is 9.59 Å². The van der Waals surface area contributed by atoms with Crippen molar-refractivity contribution in [3.8, 4) is 17.1 Å². The Kier molecular flexibility index (Phi) is 6.22. The van der Waals surface area contributed by atoms with Crippen LogP contribution in [-0.4, -0.2) is 28.9 Å². The van der Waals surface area contributed by atoms with Gasteiger partial charge in [-0.3, -0.25) is 14.6 Å². The molecule has 0 unspecified atom stereocenters. The van der Waals surface area contributed by atoms with Gasteiger partial charge in [0, 0.05) is 29.8 Å². The Morgan fingerprint density at radius 1 is 0.875 bits per heavy atom. The third-order valence-electron chi connectivity index (χ3n) is 4.73. The van der Waals surface area contributed by atoms with Crippen LogP contribution in [0.2, 0.25) is 0 Å². The summed E-state index contributed by atoms with van der Waals surface area (Å²) in [5.74, 6) is -0.555. The molecule has 4 rings (SSSR count). The Labute approximate surface area is 184 Å². The molecular weight excluding hydrogens is 408 g/mol. The number of hydrogen-bond donors (Lipinski definition) is 2. The van der Waals surface area contributed by atoms with Gasteiger partial charge < -0.3 is 19.8 Å². The molecule has 0 aliphatic carbocycles. The minimum absolute atomic E-state index is 0.415. The second-order valence-corrected chi connectivity index (χ2v) is 6.92. The maximum Gasteiger partial charge on any atom is 0.314 e. The van der Waals surface area contributed by atoms with Crippen LogP contribution in [0.3, 0.4) is 0 Å². The third-order valence-corrected chi connectivity index (χ3v) is 4.73. The standard InChI is InChI=1S/C24H20N4O4/c1-31-21-13-19(6-7-20(21)22-14-26-15-32-22)28-24(30)23(29)27-18-4-2-16(3-5-18)12-17-8-10-25-11-9-17/h2-11,13-15H,12H2,1H3,(H,27,29)(H,28,30).